The monoisotopic (exact) mass is 207 g/mol. The third-order valence-corrected chi connectivity index (χ3v) is 2.38. The first kappa shape index (κ1) is 10.0. The first-order valence-electron chi connectivity index (χ1n) is 4.70. The van der Waals surface area contributed by atoms with Crippen LogP contribution in [0, 0.1) is 0 Å². The number of rotatable bonds is 3. The van der Waals surface area contributed by atoms with Crippen LogP contribution in [0.4, 0.5) is 0 Å². The van der Waals surface area contributed by atoms with Gasteiger partial charge in [-0.15, -0.1) is 0 Å². The van der Waals surface area contributed by atoms with Crippen molar-refractivity contribution in [2.24, 2.45) is 0 Å². The summed E-state index contributed by atoms with van der Waals surface area (Å²) in [4.78, 5) is 3.03. The number of fused-ring (bicyclic) bond motifs is 1. The zero-order valence-electron chi connectivity index (χ0n) is 8.40. The Labute approximate surface area is 87.1 Å². The number of methoxy groups -OCH3 is 1. The molecule has 15 heavy (non-hydrogen) atoms. The predicted molar refractivity (Wildman–Crippen MR) is 56.9 cm³/mol. The van der Waals surface area contributed by atoms with E-state index in [1.165, 1.54) is 0 Å². The Morgan fingerprint density at radius 2 is 2.20 bits per heavy atom. The van der Waals surface area contributed by atoms with Gasteiger partial charge < -0.3 is 19.9 Å². The van der Waals surface area contributed by atoms with Crippen LogP contribution in [0.1, 0.15) is 11.8 Å². The van der Waals surface area contributed by atoms with Gasteiger partial charge in [0.05, 0.1) is 13.7 Å². The maximum absolute atomic E-state index is 9.44. The van der Waals surface area contributed by atoms with E-state index in [1.807, 2.05) is 24.3 Å². The number of aromatic amines is 1. The van der Waals surface area contributed by atoms with Crippen molar-refractivity contribution in [2.45, 2.75) is 6.10 Å². The Bertz CT molecular complexity index is 464. The number of nitrogens with one attached hydrogen (secondary N) is 1. The van der Waals surface area contributed by atoms with Crippen molar-refractivity contribution in [2.75, 3.05) is 13.7 Å². The molecular weight excluding hydrogens is 194 g/mol. The molecule has 1 atom stereocenters. The van der Waals surface area contributed by atoms with E-state index in [2.05, 4.69) is 4.98 Å². The molecule has 0 aliphatic rings. The molecule has 0 saturated heterocycles. The van der Waals surface area contributed by atoms with Gasteiger partial charge >= 0.3 is 0 Å². The molecule has 0 fully saturated rings. The predicted octanol–water partition coefficient (Wildman–Crippen LogP) is 1.20. The first-order chi connectivity index (χ1) is 7.24. The number of aliphatic hydroxyl groups excluding tert-OH is 2. The molecule has 80 valence electrons. The van der Waals surface area contributed by atoms with Gasteiger partial charge in [-0.3, -0.25) is 0 Å². The first-order valence-corrected chi connectivity index (χ1v) is 4.70. The van der Waals surface area contributed by atoms with E-state index in [4.69, 9.17) is 9.84 Å². The van der Waals surface area contributed by atoms with Gasteiger partial charge in [0.15, 0.2) is 0 Å². The summed E-state index contributed by atoms with van der Waals surface area (Å²) >= 11 is 0. The van der Waals surface area contributed by atoms with Crippen molar-refractivity contribution in [1.29, 1.82) is 0 Å². The molecule has 0 aliphatic carbocycles. The fourth-order valence-corrected chi connectivity index (χ4v) is 1.53. The van der Waals surface area contributed by atoms with Crippen molar-refractivity contribution in [1.82, 2.24) is 4.98 Å². The average molecular weight is 207 g/mol. The summed E-state index contributed by atoms with van der Waals surface area (Å²) in [5.41, 5.74) is 1.50. The number of aromatic nitrogens is 1. The van der Waals surface area contributed by atoms with Crippen LogP contribution in [-0.2, 0) is 0 Å². The van der Waals surface area contributed by atoms with Gasteiger partial charge in [-0.1, -0.05) is 0 Å². The van der Waals surface area contributed by atoms with E-state index in [0.717, 1.165) is 16.7 Å². The average Bonchev–Trinajstić information content (AvgIpc) is 2.70. The highest BCUT2D eigenvalue weighted by Crippen LogP contribution is 2.23. The van der Waals surface area contributed by atoms with E-state index >= 15 is 0 Å². The zero-order chi connectivity index (χ0) is 10.8. The Balaban J connectivity index is 2.46. The van der Waals surface area contributed by atoms with Crippen molar-refractivity contribution in [3.05, 3.63) is 30.0 Å². The summed E-state index contributed by atoms with van der Waals surface area (Å²) in [6.07, 6.45) is -0.858. The van der Waals surface area contributed by atoms with Gasteiger partial charge in [0.2, 0.25) is 0 Å². The maximum Gasteiger partial charge on any atom is 0.120 e. The molecule has 1 aromatic carbocycles. The van der Waals surface area contributed by atoms with E-state index < -0.39 is 6.10 Å². The summed E-state index contributed by atoms with van der Waals surface area (Å²) in [5, 5.41) is 19.2. The van der Waals surface area contributed by atoms with Gasteiger partial charge in [0, 0.05) is 22.7 Å². The van der Waals surface area contributed by atoms with E-state index in [9.17, 15) is 5.11 Å². The number of aliphatic hydroxyl groups is 2. The Morgan fingerprint density at radius 1 is 1.40 bits per heavy atom. The largest absolute Gasteiger partial charge is 0.497 e. The number of benzene rings is 1. The molecule has 1 unspecified atom stereocenters. The van der Waals surface area contributed by atoms with Crippen LogP contribution in [0.15, 0.2) is 24.3 Å². The molecule has 4 heteroatoms. The van der Waals surface area contributed by atoms with Crippen LogP contribution in [0.2, 0.25) is 0 Å². The molecule has 1 aromatic heterocycles. The van der Waals surface area contributed by atoms with Crippen LogP contribution in [-0.4, -0.2) is 28.9 Å². The van der Waals surface area contributed by atoms with Crippen LogP contribution in [0.3, 0.4) is 0 Å². The zero-order valence-corrected chi connectivity index (χ0v) is 8.40. The second-order valence-corrected chi connectivity index (χ2v) is 3.38. The lowest BCUT2D eigenvalue weighted by atomic mass is 10.2. The van der Waals surface area contributed by atoms with Crippen LogP contribution >= 0.6 is 0 Å². The molecule has 0 spiro atoms. The lowest BCUT2D eigenvalue weighted by Crippen LogP contribution is -2.01. The van der Waals surface area contributed by atoms with Gasteiger partial charge in [-0.05, 0) is 18.2 Å². The third-order valence-electron chi connectivity index (χ3n) is 2.38. The molecule has 4 nitrogen and oxygen atoms in total. The lowest BCUT2D eigenvalue weighted by molar-refractivity contribution is 0.0928. The van der Waals surface area contributed by atoms with Crippen LogP contribution in [0.5, 0.6) is 5.75 Å². The number of hydrogen-bond acceptors (Lipinski definition) is 3. The van der Waals surface area contributed by atoms with Gasteiger partial charge in [0.1, 0.15) is 11.9 Å². The molecule has 0 saturated carbocycles. The van der Waals surface area contributed by atoms with Crippen molar-refractivity contribution >= 4 is 10.9 Å². The minimum Gasteiger partial charge on any atom is -0.497 e. The summed E-state index contributed by atoms with van der Waals surface area (Å²) in [7, 11) is 1.60. The molecule has 2 rings (SSSR count). The lowest BCUT2D eigenvalue weighted by Gasteiger charge is -2.02. The summed E-state index contributed by atoms with van der Waals surface area (Å²) < 4.78 is 5.09. The highest BCUT2D eigenvalue weighted by Gasteiger charge is 2.09. The van der Waals surface area contributed by atoms with E-state index in [-0.39, 0.29) is 6.61 Å². The molecule has 2 aromatic rings. The molecule has 0 amide bonds. The molecule has 0 bridgehead atoms. The second kappa shape index (κ2) is 3.92. The molecule has 0 radical (unpaired) electrons. The highest BCUT2D eigenvalue weighted by molar-refractivity contribution is 5.81. The molecule has 3 N–H and O–H groups in total. The Kier molecular flexibility index (Phi) is 2.62. The number of H-pyrrole nitrogens is 1. The summed E-state index contributed by atoms with van der Waals surface area (Å²) in [6.45, 7) is -0.288. The Morgan fingerprint density at radius 3 is 2.87 bits per heavy atom. The minimum absolute atomic E-state index is 0.288. The van der Waals surface area contributed by atoms with Crippen molar-refractivity contribution in [3.8, 4) is 5.75 Å². The maximum atomic E-state index is 9.44. The fourth-order valence-electron chi connectivity index (χ4n) is 1.53. The van der Waals surface area contributed by atoms with Crippen molar-refractivity contribution in [3.63, 3.8) is 0 Å². The number of hydrogen-bond donors (Lipinski definition) is 3. The second-order valence-electron chi connectivity index (χ2n) is 3.38. The SMILES string of the molecule is COc1ccc2cc(C(O)CO)[nH]c2c1. The highest BCUT2D eigenvalue weighted by atomic mass is 16.5. The van der Waals surface area contributed by atoms with Gasteiger partial charge in [-0.25, -0.2) is 0 Å². The van der Waals surface area contributed by atoms with Crippen LogP contribution in [0.25, 0.3) is 10.9 Å². The van der Waals surface area contributed by atoms with Crippen LogP contribution < -0.4 is 4.74 Å². The smallest absolute Gasteiger partial charge is 0.120 e. The quantitative estimate of drug-likeness (QED) is 0.708. The van der Waals surface area contributed by atoms with Gasteiger partial charge in [-0.2, -0.15) is 0 Å². The molecule has 0 aliphatic heterocycles. The van der Waals surface area contributed by atoms with Crippen molar-refractivity contribution < 1.29 is 14.9 Å². The third kappa shape index (κ3) is 1.82. The Hall–Kier alpha value is -1.52. The molecular formula is C11H13NO3. The normalized spacial score (nSPS) is 13.0. The minimum atomic E-state index is -0.858. The standard InChI is InChI=1S/C11H13NO3/c1-15-8-3-2-7-4-10(11(14)6-13)12-9(7)5-8/h2-5,11-14H,6H2,1H3. The van der Waals surface area contributed by atoms with E-state index in [1.54, 1.807) is 7.11 Å². The molecule has 1 heterocycles. The topological polar surface area (TPSA) is 65.5 Å². The van der Waals surface area contributed by atoms with E-state index in [0.29, 0.717) is 5.69 Å². The number of ether oxygens (including phenoxy) is 1. The fraction of sp³-hybridized carbons (Fsp3) is 0.273. The summed E-state index contributed by atoms with van der Waals surface area (Å²) in [6, 6.07) is 7.42. The van der Waals surface area contributed by atoms with Gasteiger partial charge in [0.25, 0.3) is 0 Å². The summed E-state index contributed by atoms with van der Waals surface area (Å²) in [5.74, 6) is 0.759.